The summed E-state index contributed by atoms with van der Waals surface area (Å²) in [6, 6.07) is 8.48. The van der Waals surface area contributed by atoms with Crippen LogP contribution in [-0.2, 0) is 11.3 Å². The van der Waals surface area contributed by atoms with Crippen LogP contribution >= 0.6 is 11.8 Å². The summed E-state index contributed by atoms with van der Waals surface area (Å²) in [5, 5.41) is 12.4. The van der Waals surface area contributed by atoms with Gasteiger partial charge in [-0.05, 0) is 64.8 Å². The van der Waals surface area contributed by atoms with Crippen LogP contribution in [0, 0.1) is 0 Å². The number of rotatable bonds is 9. The van der Waals surface area contributed by atoms with Crippen LogP contribution in [0.1, 0.15) is 52.3 Å². The number of anilines is 2. The van der Waals surface area contributed by atoms with Crippen molar-refractivity contribution in [3.63, 3.8) is 0 Å². The summed E-state index contributed by atoms with van der Waals surface area (Å²) in [4.78, 5) is 14.6. The molecule has 0 unspecified atom stereocenters. The summed E-state index contributed by atoms with van der Waals surface area (Å²) in [5.41, 5.74) is 1.99. The maximum atomic E-state index is 12.3. The smallest absolute Gasteiger partial charge is 0.234 e. The van der Waals surface area contributed by atoms with Crippen LogP contribution in [0.25, 0.3) is 0 Å². The molecule has 2 aromatic rings. The Morgan fingerprint density at radius 1 is 1.26 bits per heavy atom. The number of hydrogen-bond acceptors (Lipinski definition) is 5. The quantitative estimate of drug-likeness (QED) is 0.655. The van der Waals surface area contributed by atoms with E-state index in [1.165, 1.54) is 30.3 Å². The third-order valence-electron chi connectivity index (χ3n) is 4.78. The van der Waals surface area contributed by atoms with E-state index in [9.17, 15) is 4.79 Å². The number of nitrogens with zero attached hydrogens (tertiary/aromatic N) is 4. The normalized spacial score (nSPS) is 13.8. The fourth-order valence-electron chi connectivity index (χ4n) is 3.26. The van der Waals surface area contributed by atoms with Crippen molar-refractivity contribution in [2.75, 3.05) is 22.5 Å². The van der Waals surface area contributed by atoms with Crippen LogP contribution in [0.15, 0.2) is 29.4 Å². The van der Waals surface area contributed by atoms with Gasteiger partial charge in [-0.25, -0.2) is 0 Å². The molecule has 146 valence electrons. The lowest BCUT2D eigenvalue weighted by Gasteiger charge is -2.27. The first kappa shape index (κ1) is 19.7. The minimum Gasteiger partial charge on any atom is -0.369 e. The second kappa shape index (κ2) is 8.78. The zero-order valence-corrected chi connectivity index (χ0v) is 17.4. The van der Waals surface area contributed by atoms with Gasteiger partial charge in [0.25, 0.3) is 0 Å². The van der Waals surface area contributed by atoms with E-state index in [2.05, 4.69) is 64.8 Å². The van der Waals surface area contributed by atoms with Crippen LogP contribution in [0.2, 0.25) is 0 Å². The summed E-state index contributed by atoms with van der Waals surface area (Å²) >= 11 is 1.45. The van der Waals surface area contributed by atoms with Crippen molar-refractivity contribution in [3.05, 3.63) is 30.1 Å². The molecule has 1 amide bonds. The molecule has 0 bridgehead atoms. The van der Waals surface area contributed by atoms with Crippen LogP contribution in [0.4, 0.5) is 11.4 Å². The lowest BCUT2D eigenvalue weighted by molar-refractivity contribution is -0.113. The van der Waals surface area contributed by atoms with E-state index in [0.29, 0.717) is 17.7 Å². The number of carbonyl (C=O) groups is 1. The van der Waals surface area contributed by atoms with Gasteiger partial charge in [-0.3, -0.25) is 4.79 Å². The molecule has 1 fully saturated rings. The number of benzene rings is 1. The van der Waals surface area contributed by atoms with E-state index < -0.39 is 0 Å². The molecule has 1 heterocycles. The Balaban J connectivity index is 1.55. The molecule has 3 rings (SSSR count). The van der Waals surface area contributed by atoms with Gasteiger partial charge in [0.05, 0.1) is 5.75 Å². The summed E-state index contributed by atoms with van der Waals surface area (Å²) in [5.74, 6) is 1.94. The predicted octanol–water partition coefficient (Wildman–Crippen LogP) is 4.14. The van der Waals surface area contributed by atoms with Gasteiger partial charge >= 0.3 is 0 Å². The molecule has 1 saturated carbocycles. The number of hydrogen-bond donors (Lipinski definition) is 1. The van der Waals surface area contributed by atoms with Crippen molar-refractivity contribution >= 4 is 29.0 Å². The van der Waals surface area contributed by atoms with Gasteiger partial charge in [-0.15, -0.1) is 10.2 Å². The van der Waals surface area contributed by atoms with Crippen molar-refractivity contribution < 1.29 is 4.79 Å². The second-order valence-corrected chi connectivity index (χ2v) is 8.07. The minimum absolute atomic E-state index is 0.0254. The van der Waals surface area contributed by atoms with Crippen LogP contribution in [-0.4, -0.2) is 39.0 Å². The molecule has 6 nitrogen and oxygen atoms in total. The Morgan fingerprint density at radius 3 is 2.52 bits per heavy atom. The van der Waals surface area contributed by atoms with Crippen molar-refractivity contribution in [2.45, 2.75) is 64.2 Å². The first-order valence-electron chi connectivity index (χ1n) is 9.75. The highest BCUT2D eigenvalue weighted by Crippen LogP contribution is 2.39. The van der Waals surface area contributed by atoms with Gasteiger partial charge in [0.2, 0.25) is 5.91 Å². The van der Waals surface area contributed by atoms with E-state index in [1.54, 1.807) is 0 Å². The summed E-state index contributed by atoms with van der Waals surface area (Å²) in [6.45, 7) is 10.4. The summed E-state index contributed by atoms with van der Waals surface area (Å²) in [6.07, 6.45) is 2.40. The first-order chi connectivity index (χ1) is 13.0. The Kier molecular flexibility index (Phi) is 6.42. The lowest BCUT2D eigenvalue weighted by atomic mass is 10.2. The fraction of sp³-hybridized carbons (Fsp3) is 0.550. The van der Waals surface area contributed by atoms with Gasteiger partial charge in [0.1, 0.15) is 5.82 Å². The Labute approximate surface area is 165 Å². The van der Waals surface area contributed by atoms with E-state index in [-0.39, 0.29) is 5.91 Å². The average molecular weight is 388 g/mol. The molecule has 0 saturated heterocycles. The Morgan fingerprint density at radius 2 is 1.96 bits per heavy atom. The third-order valence-corrected chi connectivity index (χ3v) is 5.75. The van der Waals surface area contributed by atoms with Gasteiger partial charge in [0.15, 0.2) is 5.16 Å². The van der Waals surface area contributed by atoms with Crippen LogP contribution in [0.5, 0.6) is 0 Å². The molecule has 0 aliphatic heterocycles. The molecule has 1 N–H and O–H groups in total. The number of thioether (sulfide) groups is 1. The Hall–Kier alpha value is -2.02. The zero-order chi connectivity index (χ0) is 19.4. The maximum absolute atomic E-state index is 12.3. The number of aromatic nitrogens is 3. The molecule has 0 atom stereocenters. The lowest BCUT2D eigenvalue weighted by Crippen LogP contribution is -2.30. The summed E-state index contributed by atoms with van der Waals surface area (Å²) in [7, 11) is 0. The molecule has 27 heavy (non-hydrogen) atoms. The minimum atomic E-state index is -0.0254. The molecule has 1 aromatic heterocycles. The molecule has 1 aliphatic rings. The number of nitrogens with one attached hydrogen (secondary N) is 1. The molecule has 0 radical (unpaired) electrons. The highest BCUT2D eigenvalue weighted by Gasteiger charge is 2.30. The predicted molar refractivity (Wildman–Crippen MR) is 112 cm³/mol. The van der Waals surface area contributed by atoms with E-state index in [0.717, 1.165) is 29.8 Å². The number of carbonyl (C=O) groups excluding carboxylic acids is 1. The summed E-state index contributed by atoms with van der Waals surface area (Å²) < 4.78 is 2.13. The van der Waals surface area contributed by atoms with E-state index in [1.807, 2.05) is 12.1 Å². The van der Waals surface area contributed by atoms with Gasteiger partial charge in [-0.2, -0.15) is 0 Å². The largest absolute Gasteiger partial charge is 0.369 e. The molecule has 0 spiro atoms. The highest BCUT2D eigenvalue weighted by atomic mass is 32.2. The molecular weight excluding hydrogens is 358 g/mol. The van der Waals surface area contributed by atoms with Crippen molar-refractivity contribution in [1.82, 2.24) is 14.8 Å². The van der Waals surface area contributed by atoms with Crippen molar-refractivity contribution in [2.24, 2.45) is 0 Å². The van der Waals surface area contributed by atoms with Gasteiger partial charge < -0.3 is 14.8 Å². The van der Waals surface area contributed by atoms with Crippen LogP contribution < -0.4 is 10.2 Å². The zero-order valence-electron chi connectivity index (χ0n) is 16.6. The van der Waals surface area contributed by atoms with Gasteiger partial charge in [-0.1, -0.05) is 11.8 Å². The number of amides is 1. The monoisotopic (exact) mass is 387 g/mol. The van der Waals surface area contributed by atoms with Crippen LogP contribution in [0.3, 0.4) is 0 Å². The topological polar surface area (TPSA) is 63.1 Å². The molecule has 7 heteroatoms. The highest BCUT2D eigenvalue weighted by molar-refractivity contribution is 7.99. The Bertz CT molecular complexity index is 767. The van der Waals surface area contributed by atoms with Crippen molar-refractivity contribution in [3.8, 4) is 0 Å². The van der Waals surface area contributed by atoms with E-state index >= 15 is 0 Å². The molecular formula is C20H29N5OS. The fourth-order valence-corrected chi connectivity index (χ4v) is 4.07. The molecule has 1 aliphatic carbocycles. The standard InChI is InChI=1S/C20H29N5OS/c1-5-24(14(3)4)17-11-9-16(10-12-17)21-18(26)13-27-20-23-22-19(15-7-8-15)25(20)6-2/h9-12,14-15H,5-8,13H2,1-4H3,(H,21,26). The third kappa shape index (κ3) is 4.83. The molecule has 1 aromatic carbocycles. The van der Waals surface area contributed by atoms with Crippen molar-refractivity contribution in [1.29, 1.82) is 0 Å². The first-order valence-corrected chi connectivity index (χ1v) is 10.7. The average Bonchev–Trinajstić information content (AvgIpc) is 3.41. The van der Waals surface area contributed by atoms with E-state index in [4.69, 9.17) is 0 Å². The van der Waals surface area contributed by atoms with Gasteiger partial charge in [0, 0.05) is 36.4 Å². The second-order valence-electron chi connectivity index (χ2n) is 7.12. The SMILES string of the molecule is CCN(c1ccc(NC(=O)CSc2nnc(C3CC3)n2CC)cc1)C(C)C. The maximum Gasteiger partial charge on any atom is 0.234 e.